The molecular formula is C9H16Cl2O2. The van der Waals surface area contributed by atoms with Crippen molar-refractivity contribution in [2.75, 3.05) is 25.0 Å². The molecule has 0 spiro atoms. The molecule has 1 heterocycles. The smallest absolute Gasteiger partial charge is 0.159 e. The number of hydrogen-bond acceptors (Lipinski definition) is 2. The Kier molecular flexibility index (Phi) is 4.30. The normalized spacial score (nSPS) is 23.8. The number of alkyl halides is 2. The van der Waals surface area contributed by atoms with Gasteiger partial charge in [0.2, 0.25) is 0 Å². The van der Waals surface area contributed by atoms with Crippen LogP contribution in [0, 0.1) is 11.3 Å². The Morgan fingerprint density at radius 3 is 2.00 bits per heavy atom. The zero-order valence-electron chi connectivity index (χ0n) is 8.06. The molecule has 1 aliphatic heterocycles. The molecule has 0 aromatic carbocycles. The number of hydrogen-bond donors (Lipinski definition) is 0. The molecule has 1 saturated heterocycles. The number of rotatable bonds is 3. The number of halogens is 2. The van der Waals surface area contributed by atoms with E-state index in [-0.39, 0.29) is 11.7 Å². The largest absolute Gasteiger partial charge is 0.352 e. The van der Waals surface area contributed by atoms with Crippen molar-refractivity contribution < 1.29 is 9.47 Å². The van der Waals surface area contributed by atoms with Crippen molar-refractivity contribution in [1.82, 2.24) is 0 Å². The molecule has 0 amide bonds. The van der Waals surface area contributed by atoms with Crippen LogP contribution in [0.5, 0.6) is 0 Å². The van der Waals surface area contributed by atoms with Crippen LogP contribution in [0.15, 0.2) is 0 Å². The zero-order chi connectivity index (χ0) is 9.90. The lowest BCUT2D eigenvalue weighted by Crippen LogP contribution is -2.45. The molecule has 0 aliphatic carbocycles. The van der Waals surface area contributed by atoms with Gasteiger partial charge in [0.05, 0.1) is 13.2 Å². The fourth-order valence-corrected chi connectivity index (χ4v) is 1.78. The maximum Gasteiger partial charge on any atom is 0.159 e. The summed E-state index contributed by atoms with van der Waals surface area (Å²) in [7, 11) is 0. The van der Waals surface area contributed by atoms with E-state index in [1.807, 2.05) is 0 Å². The second-order valence-corrected chi connectivity index (χ2v) is 4.54. The summed E-state index contributed by atoms with van der Waals surface area (Å²) in [6.07, 6.45) is -0.0976. The van der Waals surface area contributed by atoms with Crippen LogP contribution in [0.1, 0.15) is 13.8 Å². The van der Waals surface area contributed by atoms with Crippen LogP contribution in [-0.2, 0) is 9.47 Å². The quantitative estimate of drug-likeness (QED) is 0.689. The molecule has 0 aromatic rings. The van der Waals surface area contributed by atoms with E-state index in [1.165, 1.54) is 0 Å². The second-order valence-electron chi connectivity index (χ2n) is 4.00. The minimum atomic E-state index is -0.186. The first kappa shape index (κ1) is 11.6. The average Bonchev–Trinajstić information content (AvgIpc) is 2.18. The molecule has 0 aromatic heterocycles. The van der Waals surface area contributed by atoms with Crippen LogP contribution < -0.4 is 0 Å². The summed E-state index contributed by atoms with van der Waals surface area (Å²) in [5.74, 6) is 1.35. The molecule has 13 heavy (non-hydrogen) atoms. The molecular weight excluding hydrogens is 211 g/mol. The van der Waals surface area contributed by atoms with Crippen LogP contribution in [-0.4, -0.2) is 31.3 Å². The van der Waals surface area contributed by atoms with E-state index in [4.69, 9.17) is 32.7 Å². The Hall–Kier alpha value is 0.500. The Bertz CT molecular complexity index is 148. The van der Waals surface area contributed by atoms with Gasteiger partial charge in [0.1, 0.15) is 0 Å². The highest BCUT2D eigenvalue weighted by Crippen LogP contribution is 2.29. The molecule has 4 heteroatoms. The van der Waals surface area contributed by atoms with E-state index < -0.39 is 0 Å². The summed E-state index contributed by atoms with van der Waals surface area (Å²) in [6, 6.07) is 0. The number of ether oxygens (including phenoxy) is 2. The first-order valence-corrected chi connectivity index (χ1v) is 5.55. The topological polar surface area (TPSA) is 18.5 Å². The average molecular weight is 227 g/mol. The first-order chi connectivity index (χ1) is 6.13. The van der Waals surface area contributed by atoms with Crippen molar-refractivity contribution in [3.63, 3.8) is 0 Å². The Balaban J connectivity index is 2.45. The fourth-order valence-electron chi connectivity index (χ4n) is 1.18. The molecule has 0 bridgehead atoms. The highest BCUT2D eigenvalue weighted by molar-refractivity contribution is 6.21. The van der Waals surface area contributed by atoms with Crippen molar-refractivity contribution in [2.45, 2.75) is 20.1 Å². The molecule has 0 radical (unpaired) electrons. The summed E-state index contributed by atoms with van der Waals surface area (Å²) in [6.45, 7) is 5.34. The molecule has 1 aliphatic rings. The van der Waals surface area contributed by atoms with Gasteiger partial charge in [0.25, 0.3) is 0 Å². The molecule has 2 nitrogen and oxygen atoms in total. The molecule has 78 valence electrons. The van der Waals surface area contributed by atoms with Crippen LogP contribution in [0.3, 0.4) is 0 Å². The van der Waals surface area contributed by atoms with E-state index >= 15 is 0 Å². The van der Waals surface area contributed by atoms with Crippen molar-refractivity contribution in [3.05, 3.63) is 0 Å². The van der Waals surface area contributed by atoms with E-state index in [0.717, 1.165) is 0 Å². The third kappa shape index (κ3) is 2.72. The highest BCUT2D eigenvalue weighted by Gasteiger charge is 2.36. The summed E-state index contributed by atoms with van der Waals surface area (Å²) in [5.41, 5.74) is -0.186. The summed E-state index contributed by atoms with van der Waals surface area (Å²) >= 11 is 11.6. The van der Waals surface area contributed by atoms with Crippen LogP contribution in [0.25, 0.3) is 0 Å². The summed E-state index contributed by atoms with van der Waals surface area (Å²) < 4.78 is 11.1. The van der Waals surface area contributed by atoms with Gasteiger partial charge in [-0.15, -0.1) is 23.2 Å². The Labute approximate surface area is 89.5 Å². The predicted molar refractivity (Wildman–Crippen MR) is 54.4 cm³/mol. The highest BCUT2D eigenvalue weighted by atomic mass is 35.5. The van der Waals surface area contributed by atoms with Gasteiger partial charge in [-0.05, 0) is 0 Å². The lowest BCUT2D eigenvalue weighted by atomic mass is 9.94. The SMILES string of the molecule is CC(C)C1OCC(CCl)(CCl)CO1. The van der Waals surface area contributed by atoms with Crippen LogP contribution in [0.4, 0.5) is 0 Å². The van der Waals surface area contributed by atoms with Gasteiger partial charge in [0, 0.05) is 23.1 Å². The fraction of sp³-hybridized carbons (Fsp3) is 1.00. The van der Waals surface area contributed by atoms with E-state index in [0.29, 0.717) is 30.9 Å². The standard InChI is InChI=1S/C9H16Cl2O2/c1-7(2)8-12-5-9(3-10,4-11)6-13-8/h7-8H,3-6H2,1-2H3. The van der Waals surface area contributed by atoms with Crippen LogP contribution in [0.2, 0.25) is 0 Å². The van der Waals surface area contributed by atoms with Crippen molar-refractivity contribution in [2.24, 2.45) is 11.3 Å². The van der Waals surface area contributed by atoms with E-state index in [9.17, 15) is 0 Å². The maximum atomic E-state index is 5.82. The Morgan fingerprint density at radius 2 is 1.69 bits per heavy atom. The van der Waals surface area contributed by atoms with E-state index in [2.05, 4.69) is 13.8 Å². The van der Waals surface area contributed by atoms with Gasteiger partial charge in [-0.1, -0.05) is 13.8 Å². The lowest BCUT2D eigenvalue weighted by Gasteiger charge is -2.38. The van der Waals surface area contributed by atoms with Crippen LogP contribution >= 0.6 is 23.2 Å². The van der Waals surface area contributed by atoms with Gasteiger partial charge in [0.15, 0.2) is 6.29 Å². The molecule has 0 unspecified atom stereocenters. The molecule has 0 atom stereocenters. The summed E-state index contributed by atoms with van der Waals surface area (Å²) in [5, 5.41) is 0. The molecule has 1 fully saturated rings. The first-order valence-electron chi connectivity index (χ1n) is 4.49. The predicted octanol–water partition coefficient (Wildman–Crippen LogP) is 2.48. The van der Waals surface area contributed by atoms with Crippen molar-refractivity contribution in [3.8, 4) is 0 Å². The zero-order valence-corrected chi connectivity index (χ0v) is 9.57. The van der Waals surface area contributed by atoms with Gasteiger partial charge >= 0.3 is 0 Å². The molecule has 1 rings (SSSR count). The monoisotopic (exact) mass is 226 g/mol. The molecule has 0 N–H and O–H groups in total. The van der Waals surface area contributed by atoms with Gasteiger partial charge in [-0.3, -0.25) is 0 Å². The van der Waals surface area contributed by atoms with Crippen molar-refractivity contribution >= 4 is 23.2 Å². The third-order valence-electron chi connectivity index (χ3n) is 2.22. The second kappa shape index (κ2) is 4.83. The summed E-state index contributed by atoms with van der Waals surface area (Å²) in [4.78, 5) is 0. The maximum absolute atomic E-state index is 5.82. The minimum absolute atomic E-state index is 0.0976. The third-order valence-corrected chi connectivity index (χ3v) is 3.35. The van der Waals surface area contributed by atoms with Gasteiger partial charge in [-0.25, -0.2) is 0 Å². The van der Waals surface area contributed by atoms with Crippen molar-refractivity contribution in [1.29, 1.82) is 0 Å². The lowest BCUT2D eigenvalue weighted by molar-refractivity contribution is -0.236. The minimum Gasteiger partial charge on any atom is -0.352 e. The van der Waals surface area contributed by atoms with E-state index in [1.54, 1.807) is 0 Å². The van der Waals surface area contributed by atoms with Gasteiger partial charge < -0.3 is 9.47 Å². The van der Waals surface area contributed by atoms with Gasteiger partial charge in [-0.2, -0.15) is 0 Å². The Morgan fingerprint density at radius 1 is 1.23 bits per heavy atom. The molecule has 0 saturated carbocycles.